The van der Waals surface area contributed by atoms with Crippen molar-refractivity contribution in [2.24, 2.45) is 0 Å². The zero-order chi connectivity index (χ0) is 5.15. The molecule has 0 aromatic rings. The Kier molecular flexibility index (Phi) is 41.1. The van der Waals surface area contributed by atoms with E-state index in [0.717, 1.165) is 0 Å². The molecule has 0 aromatic carbocycles. The molecule has 0 aliphatic rings. The first kappa shape index (κ1) is 23.7. The van der Waals surface area contributed by atoms with E-state index in [4.69, 9.17) is 9.11 Å². The number of hydrogen-bond donors (Lipinski definition) is 2. The fourth-order valence-electron chi connectivity index (χ4n) is 0. The van der Waals surface area contributed by atoms with Crippen LogP contribution in [-0.4, -0.2) is 17.5 Å². The van der Waals surface area contributed by atoms with Crippen LogP contribution in [0, 0.1) is 0 Å². The second kappa shape index (κ2) is 15.6. The second-order valence-corrected chi connectivity index (χ2v) is 3.01. The Morgan fingerprint density at radius 1 is 0.889 bits per heavy atom. The Labute approximate surface area is 190 Å². The summed E-state index contributed by atoms with van der Waals surface area (Å²) in [5.41, 5.74) is 0. The predicted octanol–water partition coefficient (Wildman–Crippen LogP) is -9.31. The summed E-state index contributed by atoms with van der Waals surface area (Å²) in [5, 5.41) is 0. The van der Waals surface area contributed by atoms with Gasteiger partial charge in [-0.25, -0.2) is 8.42 Å². The first-order valence-corrected chi connectivity index (χ1v) is 3.60. The maximum atomic E-state index is 9.26. The topological polar surface area (TPSA) is 74.6 Å². The summed E-state index contributed by atoms with van der Waals surface area (Å²) in [6.45, 7) is 0. The molecule has 0 radical (unpaired) electrons. The van der Waals surface area contributed by atoms with Gasteiger partial charge in [-0.2, -0.15) is 0 Å². The molecule has 9 heteroatoms. The van der Waals surface area contributed by atoms with Crippen molar-refractivity contribution >= 4 is 20.2 Å². The minimum absolute atomic E-state index is 0. The van der Waals surface area contributed by atoms with E-state index < -0.39 is 20.2 Å². The maximum absolute atomic E-state index is 9.26. The molecule has 4 nitrogen and oxygen atoms in total. The molecule has 0 bridgehead atoms. The quantitative estimate of drug-likeness (QED) is 0.275. The summed E-state index contributed by atoms with van der Waals surface area (Å²) in [4.78, 5) is 0. The van der Waals surface area contributed by atoms with Gasteiger partial charge in [-0.3, -0.25) is 9.11 Å². The maximum Gasteiger partial charge on any atom is 1.00 e. The smallest absolute Gasteiger partial charge is 1.00 e. The molecule has 0 saturated heterocycles. The molecule has 0 aliphatic carbocycles. The van der Waals surface area contributed by atoms with Crippen molar-refractivity contribution in [1.82, 2.24) is 0 Å². The van der Waals surface area contributed by atoms with E-state index in [1.54, 1.807) is 0 Å². The van der Waals surface area contributed by atoms with Gasteiger partial charge in [0.15, 0.2) is 0 Å². The van der Waals surface area contributed by atoms with Crippen LogP contribution >= 0.6 is 0 Å². The molecule has 9 heavy (non-hydrogen) atoms. The molecule has 2 unspecified atom stereocenters. The molecular formula is H5K3O4S2. The van der Waals surface area contributed by atoms with E-state index in [2.05, 4.69) is 0 Å². The Morgan fingerprint density at radius 2 is 1.00 bits per heavy atom. The van der Waals surface area contributed by atoms with Crippen molar-refractivity contribution in [3.63, 3.8) is 0 Å². The zero-order valence-electron chi connectivity index (χ0n) is 8.53. The third-order valence-electron chi connectivity index (χ3n) is 0.122. The molecule has 0 heterocycles. The molecule has 0 saturated carbocycles. The van der Waals surface area contributed by atoms with Crippen LogP contribution in [0.2, 0.25) is 0 Å². The predicted molar refractivity (Wildman–Crippen MR) is 24.9 cm³/mol. The third kappa shape index (κ3) is 19.5. The second-order valence-electron chi connectivity index (χ2n) is 0.434. The summed E-state index contributed by atoms with van der Waals surface area (Å²) in [6, 6.07) is 0. The van der Waals surface area contributed by atoms with Gasteiger partial charge in [0.05, 0.1) is 0 Å². The van der Waals surface area contributed by atoms with Crippen molar-refractivity contribution in [1.29, 1.82) is 0 Å². The van der Waals surface area contributed by atoms with Gasteiger partial charge in [-0.15, -0.1) is 0 Å². The van der Waals surface area contributed by atoms with Crippen molar-refractivity contribution in [2.75, 3.05) is 0 Å². The van der Waals surface area contributed by atoms with Crippen LogP contribution in [-0.2, 0) is 20.2 Å². The minimum atomic E-state index is -2.59. The van der Waals surface area contributed by atoms with Gasteiger partial charge in [0.1, 0.15) is 0 Å². The van der Waals surface area contributed by atoms with Gasteiger partial charge in [0.2, 0.25) is 0 Å². The summed E-state index contributed by atoms with van der Waals surface area (Å²) in [6.07, 6.45) is 0. The first-order valence-electron chi connectivity index (χ1n) is 0.865. The molecule has 0 aliphatic heterocycles. The van der Waals surface area contributed by atoms with Crippen LogP contribution < -0.4 is 154 Å². The van der Waals surface area contributed by atoms with Crippen LogP contribution in [0.4, 0.5) is 0 Å². The summed E-state index contributed by atoms with van der Waals surface area (Å²) in [7, 11) is -5.18. The normalized spacial score (nSPS) is 13.1. The van der Waals surface area contributed by atoms with Crippen molar-refractivity contribution in [2.45, 2.75) is 0 Å². The van der Waals surface area contributed by atoms with Crippen LogP contribution in [0.5, 0.6) is 0 Å². The minimum Gasteiger partial charge on any atom is -1.00 e. The number of rotatable bonds is 1. The Bertz CT molecular complexity index is 89.5. The monoisotopic (exact) mass is 250 g/mol. The van der Waals surface area contributed by atoms with Gasteiger partial charge in [-0.05, 0) is 0 Å². The molecule has 0 aromatic heterocycles. The van der Waals surface area contributed by atoms with E-state index in [9.17, 15) is 8.42 Å². The Hall–Kier alpha value is 5.13. The van der Waals surface area contributed by atoms with E-state index in [1.807, 2.05) is 0 Å². The van der Waals surface area contributed by atoms with Crippen molar-refractivity contribution < 1.29 is 176 Å². The molecular weight excluding hydrogens is 245 g/mol. The van der Waals surface area contributed by atoms with Crippen LogP contribution in [0.15, 0.2) is 0 Å². The summed E-state index contributed by atoms with van der Waals surface area (Å²) < 4.78 is 33.6. The molecule has 0 amide bonds. The van der Waals surface area contributed by atoms with E-state index >= 15 is 0 Å². The van der Waals surface area contributed by atoms with Crippen LogP contribution in [0.25, 0.3) is 0 Å². The average Bonchev–Trinajstić information content (AvgIpc) is 1.36. The van der Waals surface area contributed by atoms with E-state index in [-0.39, 0.29) is 158 Å². The Balaban J connectivity index is -0.00000000833. The molecule has 2 N–H and O–H groups in total. The SMILES string of the molecule is O=S(O)S(=O)O.[H-].[H-].[H-].[K+].[K+].[K+]. The van der Waals surface area contributed by atoms with Crippen molar-refractivity contribution in [3.05, 3.63) is 0 Å². The Morgan fingerprint density at radius 3 is 1.00 bits per heavy atom. The standard InChI is InChI=1S/3K.H2O4S2.3H/c;;;1-5(2)6(3)4;;;/h;;;(H,1,2)(H,3,4);;;/q3*+1;;3*-1. The van der Waals surface area contributed by atoms with Gasteiger partial charge in [0.25, 0.3) is 20.2 Å². The average molecular weight is 250 g/mol. The van der Waals surface area contributed by atoms with Gasteiger partial charge >= 0.3 is 154 Å². The molecule has 0 rings (SSSR count). The molecule has 0 spiro atoms. The fourth-order valence-corrected chi connectivity index (χ4v) is 0. The number of hydrogen-bond acceptors (Lipinski definition) is 2. The van der Waals surface area contributed by atoms with E-state index in [0.29, 0.717) is 0 Å². The largest absolute Gasteiger partial charge is 1.00 e. The zero-order valence-corrected chi connectivity index (χ0v) is 16.5. The van der Waals surface area contributed by atoms with Crippen molar-refractivity contribution in [3.8, 4) is 0 Å². The van der Waals surface area contributed by atoms with Crippen LogP contribution in [0.1, 0.15) is 4.28 Å². The van der Waals surface area contributed by atoms with Gasteiger partial charge < -0.3 is 4.28 Å². The summed E-state index contributed by atoms with van der Waals surface area (Å²) in [5.74, 6) is 0. The first-order chi connectivity index (χ1) is 2.64. The third-order valence-corrected chi connectivity index (χ3v) is 1.10. The molecule has 2 atom stereocenters. The van der Waals surface area contributed by atoms with Gasteiger partial charge in [-0.1, -0.05) is 0 Å². The molecule has 0 fully saturated rings. The van der Waals surface area contributed by atoms with E-state index in [1.165, 1.54) is 0 Å². The molecule has 44 valence electrons. The summed E-state index contributed by atoms with van der Waals surface area (Å²) >= 11 is 0. The van der Waals surface area contributed by atoms with Crippen LogP contribution in [0.3, 0.4) is 0 Å². The fraction of sp³-hybridized carbons (Fsp3) is 0. The van der Waals surface area contributed by atoms with Gasteiger partial charge in [0, 0.05) is 0 Å².